The SMILES string of the molecule is CS(=O)(=O)N(CCNC(=O)Cc1ccc(F)cc1)CCc1ccc(F)cc1. The lowest BCUT2D eigenvalue weighted by Crippen LogP contribution is -2.39. The lowest BCUT2D eigenvalue weighted by molar-refractivity contribution is -0.120. The van der Waals surface area contributed by atoms with Crippen molar-refractivity contribution >= 4 is 15.9 Å². The van der Waals surface area contributed by atoms with Crippen molar-refractivity contribution in [1.82, 2.24) is 9.62 Å². The predicted octanol–water partition coefficient (Wildman–Crippen LogP) is 2.13. The average molecular weight is 396 g/mol. The highest BCUT2D eigenvalue weighted by atomic mass is 32.2. The highest BCUT2D eigenvalue weighted by Crippen LogP contribution is 2.07. The molecule has 146 valence electrons. The van der Waals surface area contributed by atoms with Crippen molar-refractivity contribution in [3.63, 3.8) is 0 Å². The molecule has 0 atom stereocenters. The molecule has 2 rings (SSSR count). The lowest BCUT2D eigenvalue weighted by Gasteiger charge is -2.20. The molecule has 0 bridgehead atoms. The first-order valence-corrected chi connectivity index (χ1v) is 10.3. The summed E-state index contributed by atoms with van der Waals surface area (Å²) in [5, 5.41) is 2.67. The number of carbonyl (C=O) groups is 1. The number of rotatable bonds is 9. The fourth-order valence-corrected chi connectivity index (χ4v) is 3.36. The van der Waals surface area contributed by atoms with Crippen LogP contribution in [0.1, 0.15) is 11.1 Å². The number of carbonyl (C=O) groups excluding carboxylic acids is 1. The van der Waals surface area contributed by atoms with E-state index in [4.69, 9.17) is 0 Å². The van der Waals surface area contributed by atoms with Crippen LogP contribution in [0.15, 0.2) is 48.5 Å². The van der Waals surface area contributed by atoms with Crippen molar-refractivity contribution in [3.8, 4) is 0 Å². The van der Waals surface area contributed by atoms with Crippen molar-refractivity contribution < 1.29 is 22.0 Å². The number of nitrogens with one attached hydrogen (secondary N) is 1. The third kappa shape index (κ3) is 7.44. The standard InChI is InChI=1S/C19H22F2N2O3S/c1-27(25,26)23(12-10-15-2-6-17(20)7-3-15)13-11-22-19(24)14-16-4-8-18(21)9-5-16/h2-9H,10-14H2,1H3,(H,22,24). The molecule has 1 amide bonds. The first kappa shape index (κ1) is 21.0. The first-order valence-electron chi connectivity index (χ1n) is 8.45. The van der Waals surface area contributed by atoms with E-state index in [1.165, 1.54) is 40.7 Å². The molecule has 0 saturated carbocycles. The summed E-state index contributed by atoms with van der Waals surface area (Å²) in [6, 6.07) is 11.5. The molecule has 2 aromatic carbocycles. The van der Waals surface area contributed by atoms with Crippen LogP contribution in [0.4, 0.5) is 8.78 Å². The van der Waals surface area contributed by atoms with Gasteiger partial charge in [0.25, 0.3) is 0 Å². The van der Waals surface area contributed by atoms with E-state index >= 15 is 0 Å². The van der Waals surface area contributed by atoms with Crippen LogP contribution < -0.4 is 5.32 Å². The minimum atomic E-state index is -3.44. The second-order valence-electron chi connectivity index (χ2n) is 6.19. The van der Waals surface area contributed by atoms with Crippen LogP contribution in [0.2, 0.25) is 0 Å². The number of amides is 1. The summed E-state index contributed by atoms with van der Waals surface area (Å²) in [7, 11) is -3.44. The van der Waals surface area contributed by atoms with E-state index < -0.39 is 10.0 Å². The summed E-state index contributed by atoms with van der Waals surface area (Å²) < 4.78 is 50.9. The second-order valence-corrected chi connectivity index (χ2v) is 8.17. The molecule has 0 fully saturated rings. The maximum absolute atomic E-state index is 12.9. The highest BCUT2D eigenvalue weighted by molar-refractivity contribution is 7.88. The van der Waals surface area contributed by atoms with Gasteiger partial charge in [0, 0.05) is 19.6 Å². The van der Waals surface area contributed by atoms with Gasteiger partial charge in [-0.1, -0.05) is 24.3 Å². The quantitative estimate of drug-likeness (QED) is 0.706. The van der Waals surface area contributed by atoms with Crippen LogP contribution in [-0.2, 0) is 27.7 Å². The summed E-state index contributed by atoms with van der Waals surface area (Å²) >= 11 is 0. The molecule has 1 N–H and O–H groups in total. The van der Waals surface area contributed by atoms with E-state index in [-0.39, 0.29) is 43.6 Å². The molecule has 0 spiro atoms. The van der Waals surface area contributed by atoms with Crippen LogP contribution in [0.5, 0.6) is 0 Å². The van der Waals surface area contributed by atoms with E-state index in [9.17, 15) is 22.0 Å². The topological polar surface area (TPSA) is 66.5 Å². The number of hydrogen-bond acceptors (Lipinski definition) is 3. The summed E-state index contributed by atoms with van der Waals surface area (Å²) in [6.07, 6.45) is 1.64. The van der Waals surface area contributed by atoms with Gasteiger partial charge >= 0.3 is 0 Å². The Morgan fingerprint density at radius 2 is 1.44 bits per heavy atom. The van der Waals surface area contributed by atoms with Crippen molar-refractivity contribution in [2.75, 3.05) is 25.9 Å². The van der Waals surface area contributed by atoms with Crippen LogP contribution in [0.3, 0.4) is 0 Å². The smallest absolute Gasteiger partial charge is 0.224 e. The van der Waals surface area contributed by atoms with E-state index in [0.29, 0.717) is 12.0 Å². The minimum absolute atomic E-state index is 0.0920. The van der Waals surface area contributed by atoms with Gasteiger partial charge in [0.1, 0.15) is 11.6 Å². The van der Waals surface area contributed by atoms with Gasteiger partial charge in [0.2, 0.25) is 15.9 Å². The van der Waals surface area contributed by atoms with Gasteiger partial charge in [-0.05, 0) is 41.8 Å². The van der Waals surface area contributed by atoms with Crippen LogP contribution >= 0.6 is 0 Å². The maximum Gasteiger partial charge on any atom is 0.224 e. The zero-order chi connectivity index (χ0) is 19.9. The van der Waals surface area contributed by atoms with Crippen LogP contribution in [0.25, 0.3) is 0 Å². The Hall–Kier alpha value is -2.32. The van der Waals surface area contributed by atoms with Crippen molar-refractivity contribution in [3.05, 3.63) is 71.3 Å². The summed E-state index contributed by atoms with van der Waals surface area (Å²) in [6.45, 7) is 0.532. The molecule has 0 aliphatic rings. The van der Waals surface area contributed by atoms with Gasteiger partial charge in [-0.2, -0.15) is 0 Å². The normalized spacial score (nSPS) is 11.6. The Bertz CT molecular complexity index is 854. The Morgan fingerprint density at radius 1 is 0.926 bits per heavy atom. The highest BCUT2D eigenvalue weighted by Gasteiger charge is 2.16. The monoisotopic (exact) mass is 396 g/mol. The fourth-order valence-electron chi connectivity index (χ4n) is 2.52. The molecule has 0 unspecified atom stereocenters. The molecular formula is C19H22F2N2O3S. The fraction of sp³-hybridized carbons (Fsp3) is 0.316. The van der Waals surface area contributed by atoms with E-state index in [1.807, 2.05) is 0 Å². The number of hydrogen-bond donors (Lipinski definition) is 1. The third-order valence-corrected chi connectivity index (χ3v) is 5.30. The average Bonchev–Trinajstić information content (AvgIpc) is 2.60. The maximum atomic E-state index is 12.9. The number of nitrogens with zero attached hydrogens (tertiary/aromatic N) is 1. The Morgan fingerprint density at radius 3 is 1.96 bits per heavy atom. The van der Waals surface area contributed by atoms with Crippen molar-refractivity contribution in [2.24, 2.45) is 0 Å². The first-order chi connectivity index (χ1) is 12.7. The number of benzene rings is 2. The molecule has 5 nitrogen and oxygen atoms in total. The van der Waals surface area contributed by atoms with Crippen molar-refractivity contribution in [2.45, 2.75) is 12.8 Å². The van der Waals surface area contributed by atoms with Gasteiger partial charge < -0.3 is 5.32 Å². The lowest BCUT2D eigenvalue weighted by atomic mass is 10.1. The Balaban J connectivity index is 1.82. The number of sulfonamides is 1. The minimum Gasteiger partial charge on any atom is -0.354 e. The van der Waals surface area contributed by atoms with Gasteiger partial charge in [0.15, 0.2) is 0 Å². The summed E-state index contributed by atoms with van der Waals surface area (Å²) in [5.74, 6) is -0.986. The molecule has 8 heteroatoms. The van der Waals surface area contributed by atoms with E-state index in [0.717, 1.165) is 11.8 Å². The molecule has 0 heterocycles. The molecule has 0 aliphatic heterocycles. The summed E-state index contributed by atoms with van der Waals surface area (Å²) in [5.41, 5.74) is 1.50. The number of halogens is 2. The molecule has 0 radical (unpaired) electrons. The molecular weight excluding hydrogens is 374 g/mol. The molecule has 27 heavy (non-hydrogen) atoms. The third-order valence-electron chi connectivity index (χ3n) is 3.99. The van der Waals surface area contributed by atoms with Gasteiger partial charge in [-0.3, -0.25) is 4.79 Å². The van der Waals surface area contributed by atoms with Gasteiger partial charge in [-0.25, -0.2) is 21.5 Å². The Labute approximate surface area is 158 Å². The Kier molecular flexibility index (Phi) is 7.44. The predicted molar refractivity (Wildman–Crippen MR) is 99.6 cm³/mol. The van der Waals surface area contributed by atoms with Crippen LogP contribution in [0, 0.1) is 11.6 Å². The second kappa shape index (κ2) is 9.57. The molecule has 0 saturated heterocycles. The van der Waals surface area contributed by atoms with Gasteiger partial charge in [0.05, 0.1) is 12.7 Å². The van der Waals surface area contributed by atoms with Crippen LogP contribution in [-0.4, -0.2) is 44.5 Å². The van der Waals surface area contributed by atoms with Gasteiger partial charge in [-0.15, -0.1) is 0 Å². The van der Waals surface area contributed by atoms with E-state index in [2.05, 4.69) is 5.32 Å². The largest absolute Gasteiger partial charge is 0.354 e. The molecule has 0 aromatic heterocycles. The molecule has 2 aromatic rings. The van der Waals surface area contributed by atoms with Crippen molar-refractivity contribution in [1.29, 1.82) is 0 Å². The zero-order valence-electron chi connectivity index (χ0n) is 15.0. The zero-order valence-corrected chi connectivity index (χ0v) is 15.8. The van der Waals surface area contributed by atoms with E-state index in [1.54, 1.807) is 12.1 Å². The molecule has 0 aliphatic carbocycles. The summed E-state index contributed by atoms with van der Waals surface area (Å²) in [4.78, 5) is 11.9.